The van der Waals surface area contributed by atoms with E-state index in [0.717, 1.165) is 38.0 Å². The highest BCUT2D eigenvalue weighted by molar-refractivity contribution is 6.30. The summed E-state index contributed by atoms with van der Waals surface area (Å²) in [6, 6.07) is 16.2. The summed E-state index contributed by atoms with van der Waals surface area (Å²) in [6.07, 6.45) is 5.74. The lowest BCUT2D eigenvalue weighted by molar-refractivity contribution is -0.0157. The van der Waals surface area contributed by atoms with Crippen molar-refractivity contribution < 1.29 is 9.84 Å². The van der Waals surface area contributed by atoms with Crippen LogP contribution in [0.4, 0.5) is 0 Å². The van der Waals surface area contributed by atoms with Gasteiger partial charge in [0.2, 0.25) is 0 Å². The lowest BCUT2D eigenvalue weighted by Crippen LogP contribution is -2.50. The van der Waals surface area contributed by atoms with E-state index < -0.39 is 6.10 Å². The van der Waals surface area contributed by atoms with Crippen LogP contribution in [0.3, 0.4) is 0 Å². The van der Waals surface area contributed by atoms with E-state index in [-0.39, 0.29) is 12.1 Å². The van der Waals surface area contributed by atoms with Gasteiger partial charge in [-0.3, -0.25) is 0 Å². The Labute approximate surface area is 167 Å². The molecule has 0 aromatic heterocycles. The Balaban J connectivity index is 1.52. The number of ether oxygens (including phenoxy) is 1. The molecule has 0 radical (unpaired) electrons. The smallest absolute Gasteiger partial charge is 0.126 e. The van der Waals surface area contributed by atoms with E-state index in [0.29, 0.717) is 5.02 Å². The number of aliphatic hydroxyl groups excluding tert-OH is 1. The first-order chi connectivity index (χ1) is 13.2. The van der Waals surface area contributed by atoms with Gasteiger partial charge in [0.25, 0.3) is 0 Å². The fourth-order valence-electron chi connectivity index (χ4n) is 3.66. The van der Waals surface area contributed by atoms with Crippen LogP contribution in [0, 0.1) is 0 Å². The SMILES string of the molecule is CCCCc1ccc(CN[C@H]2CCC[C@@H](Oc3cccc(Cl)c3)[C@@H]2O)cc1. The molecule has 2 aromatic rings. The second-order valence-corrected chi connectivity index (χ2v) is 7.88. The summed E-state index contributed by atoms with van der Waals surface area (Å²) in [4.78, 5) is 0. The number of aliphatic hydroxyl groups is 1. The van der Waals surface area contributed by atoms with Crippen molar-refractivity contribution in [3.05, 3.63) is 64.7 Å². The third kappa shape index (κ3) is 5.97. The van der Waals surface area contributed by atoms with Crippen LogP contribution >= 0.6 is 11.6 Å². The highest BCUT2D eigenvalue weighted by Gasteiger charge is 2.33. The van der Waals surface area contributed by atoms with E-state index in [1.165, 1.54) is 24.0 Å². The van der Waals surface area contributed by atoms with Gasteiger partial charge in [-0.2, -0.15) is 0 Å². The minimum absolute atomic E-state index is 0.0442. The zero-order valence-corrected chi connectivity index (χ0v) is 16.8. The van der Waals surface area contributed by atoms with Crippen molar-refractivity contribution in [3.63, 3.8) is 0 Å². The summed E-state index contributed by atoms with van der Waals surface area (Å²) in [5.41, 5.74) is 2.65. The summed E-state index contributed by atoms with van der Waals surface area (Å²) in [5, 5.41) is 14.9. The van der Waals surface area contributed by atoms with Crippen LogP contribution in [0.1, 0.15) is 50.2 Å². The quantitative estimate of drug-likeness (QED) is 0.659. The number of benzene rings is 2. The third-order valence-electron chi connectivity index (χ3n) is 5.29. The molecule has 1 aliphatic rings. The summed E-state index contributed by atoms with van der Waals surface area (Å²) in [6.45, 7) is 2.98. The molecule has 0 unspecified atom stereocenters. The topological polar surface area (TPSA) is 41.5 Å². The van der Waals surface area contributed by atoms with Crippen molar-refractivity contribution in [2.45, 2.75) is 70.2 Å². The summed E-state index contributed by atoms with van der Waals surface area (Å²) in [7, 11) is 0. The fraction of sp³-hybridized carbons (Fsp3) is 0.478. The lowest BCUT2D eigenvalue weighted by Gasteiger charge is -2.35. The molecule has 0 aliphatic heterocycles. The first-order valence-corrected chi connectivity index (χ1v) is 10.4. The van der Waals surface area contributed by atoms with Gasteiger partial charge in [-0.05, 0) is 61.4 Å². The van der Waals surface area contributed by atoms with Gasteiger partial charge in [-0.1, -0.05) is 55.3 Å². The molecular formula is C23H30ClNO2. The Morgan fingerprint density at radius 1 is 1.11 bits per heavy atom. The van der Waals surface area contributed by atoms with Crippen LogP contribution in [0.2, 0.25) is 5.02 Å². The van der Waals surface area contributed by atoms with Gasteiger partial charge in [-0.25, -0.2) is 0 Å². The molecule has 2 N–H and O–H groups in total. The van der Waals surface area contributed by atoms with Crippen LogP contribution in [0.5, 0.6) is 5.75 Å². The van der Waals surface area contributed by atoms with E-state index in [9.17, 15) is 5.11 Å². The van der Waals surface area contributed by atoms with Gasteiger partial charge >= 0.3 is 0 Å². The molecule has 3 rings (SSSR count). The molecule has 4 heteroatoms. The number of halogens is 1. The van der Waals surface area contributed by atoms with E-state index in [1.54, 1.807) is 6.07 Å². The van der Waals surface area contributed by atoms with Crippen molar-refractivity contribution in [3.8, 4) is 5.75 Å². The van der Waals surface area contributed by atoms with Gasteiger partial charge in [0, 0.05) is 17.6 Å². The molecule has 3 atom stereocenters. The molecule has 2 aromatic carbocycles. The number of rotatable bonds is 8. The fourth-order valence-corrected chi connectivity index (χ4v) is 3.84. The van der Waals surface area contributed by atoms with Crippen LogP contribution in [0.25, 0.3) is 0 Å². The van der Waals surface area contributed by atoms with E-state index in [1.807, 2.05) is 18.2 Å². The number of hydrogen-bond acceptors (Lipinski definition) is 3. The van der Waals surface area contributed by atoms with Gasteiger partial charge in [0.15, 0.2) is 0 Å². The Kier molecular flexibility index (Phi) is 7.57. The molecule has 1 fully saturated rings. The first-order valence-electron chi connectivity index (χ1n) is 10.1. The van der Waals surface area contributed by atoms with Crippen molar-refractivity contribution in [1.29, 1.82) is 0 Å². The minimum atomic E-state index is -0.526. The number of unbranched alkanes of at least 4 members (excludes halogenated alkanes) is 1. The number of aryl methyl sites for hydroxylation is 1. The Morgan fingerprint density at radius 2 is 1.89 bits per heavy atom. The van der Waals surface area contributed by atoms with Gasteiger partial charge in [-0.15, -0.1) is 0 Å². The molecule has 0 amide bonds. The second-order valence-electron chi connectivity index (χ2n) is 7.44. The molecule has 3 nitrogen and oxygen atoms in total. The van der Waals surface area contributed by atoms with Crippen LogP contribution in [0.15, 0.2) is 48.5 Å². The maximum atomic E-state index is 10.8. The first kappa shape index (κ1) is 20.2. The standard InChI is InChI=1S/C23H30ClNO2/c1-2-3-6-17-11-13-18(14-12-17)16-25-21-9-5-10-22(23(21)26)27-20-8-4-7-19(24)15-20/h4,7-8,11-15,21-23,25-26H,2-3,5-6,9-10,16H2,1H3/t21-,22+,23+/m0/s1. The van der Waals surface area contributed by atoms with Crippen LogP contribution in [-0.4, -0.2) is 23.4 Å². The highest BCUT2D eigenvalue weighted by Crippen LogP contribution is 2.26. The van der Waals surface area contributed by atoms with Crippen molar-refractivity contribution in [2.24, 2.45) is 0 Å². The number of nitrogens with one attached hydrogen (secondary N) is 1. The molecule has 1 aliphatic carbocycles. The van der Waals surface area contributed by atoms with Crippen LogP contribution < -0.4 is 10.1 Å². The summed E-state index contributed by atoms with van der Waals surface area (Å²) in [5.74, 6) is 0.717. The monoisotopic (exact) mass is 387 g/mol. The molecule has 27 heavy (non-hydrogen) atoms. The van der Waals surface area contributed by atoms with Crippen molar-refractivity contribution in [1.82, 2.24) is 5.32 Å². The Morgan fingerprint density at radius 3 is 2.63 bits per heavy atom. The predicted molar refractivity (Wildman–Crippen MR) is 111 cm³/mol. The zero-order valence-electron chi connectivity index (χ0n) is 16.0. The minimum Gasteiger partial charge on any atom is -0.488 e. The summed E-state index contributed by atoms with van der Waals surface area (Å²) < 4.78 is 6.01. The maximum Gasteiger partial charge on any atom is 0.126 e. The zero-order chi connectivity index (χ0) is 19.1. The van der Waals surface area contributed by atoms with Gasteiger partial charge < -0.3 is 15.2 Å². The molecular weight excluding hydrogens is 358 g/mol. The lowest BCUT2D eigenvalue weighted by atomic mass is 9.89. The second kappa shape index (κ2) is 10.1. The Hall–Kier alpha value is -1.55. The number of hydrogen-bond donors (Lipinski definition) is 2. The van der Waals surface area contributed by atoms with Crippen LogP contribution in [-0.2, 0) is 13.0 Å². The maximum absolute atomic E-state index is 10.8. The largest absolute Gasteiger partial charge is 0.488 e. The average Bonchev–Trinajstić information content (AvgIpc) is 2.68. The third-order valence-corrected chi connectivity index (χ3v) is 5.53. The molecule has 146 valence electrons. The summed E-state index contributed by atoms with van der Waals surface area (Å²) >= 11 is 6.03. The van der Waals surface area contributed by atoms with Gasteiger partial charge in [0.05, 0.1) is 0 Å². The van der Waals surface area contributed by atoms with E-state index in [2.05, 4.69) is 36.5 Å². The highest BCUT2D eigenvalue weighted by atomic mass is 35.5. The predicted octanol–water partition coefficient (Wildman–Crippen LogP) is 5.13. The van der Waals surface area contributed by atoms with Gasteiger partial charge in [0.1, 0.15) is 18.0 Å². The van der Waals surface area contributed by atoms with Crippen molar-refractivity contribution >= 4 is 11.6 Å². The molecule has 0 bridgehead atoms. The van der Waals surface area contributed by atoms with E-state index in [4.69, 9.17) is 16.3 Å². The van der Waals surface area contributed by atoms with E-state index >= 15 is 0 Å². The molecule has 0 spiro atoms. The molecule has 0 saturated heterocycles. The average molecular weight is 388 g/mol. The Bertz CT molecular complexity index is 704. The van der Waals surface area contributed by atoms with Crippen molar-refractivity contribution in [2.75, 3.05) is 0 Å². The normalized spacial score (nSPS) is 22.6. The molecule has 0 heterocycles. The molecule has 1 saturated carbocycles.